The molecule has 0 saturated heterocycles. The summed E-state index contributed by atoms with van der Waals surface area (Å²) in [5, 5.41) is 5.49. The summed E-state index contributed by atoms with van der Waals surface area (Å²) in [6, 6.07) is 12.9. The van der Waals surface area contributed by atoms with Crippen molar-refractivity contribution in [2.24, 2.45) is 0 Å². The molecule has 0 unspecified atom stereocenters. The summed E-state index contributed by atoms with van der Waals surface area (Å²) in [4.78, 5) is 35.8. The molecule has 2 aromatic rings. The smallest absolute Gasteiger partial charge is 0.316 e. The number of esters is 1. The van der Waals surface area contributed by atoms with Crippen LogP contribution in [0, 0.1) is 5.82 Å². The van der Waals surface area contributed by atoms with Crippen LogP contribution in [0.4, 0.5) is 10.1 Å². The monoisotopic (exact) mass is 416 g/mol. The van der Waals surface area contributed by atoms with Crippen LogP contribution in [0.2, 0.25) is 0 Å². The Kier molecular flexibility index (Phi) is 7.24. The van der Waals surface area contributed by atoms with Crippen LogP contribution in [0.3, 0.4) is 0 Å². The van der Waals surface area contributed by atoms with Crippen molar-refractivity contribution in [3.8, 4) is 0 Å². The summed E-state index contributed by atoms with van der Waals surface area (Å²) in [6.45, 7) is -0.408. The third-order valence-electron chi connectivity index (χ3n) is 4.09. The largest absolute Gasteiger partial charge is 0.455 e. The number of carbonyl (C=O) groups is 3. The summed E-state index contributed by atoms with van der Waals surface area (Å²) in [5.74, 6) is -0.850. The van der Waals surface area contributed by atoms with Gasteiger partial charge in [0.15, 0.2) is 6.61 Å². The number of rotatable bonds is 9. The van der Waals surface area contributed by atoms with E-state index < -0.39 is 18.5 Å². The first-order chi connectivity index (χ1) is 14.0. The van der Waals surface area contributed by atoms with E-state index in [0.29, 0.717) is 17.0 Å². The van der Waals surface area contributed by atoms with Crippen LogP contribution in [-0.4, -0.2) is 36.2 Å². The van der Waals surface area contributed by atoms with Crippen molar-refractivity contribution in [1.82, 2.24) is 5.32 Å². The molecule has 0 atom stereocenters. The van der Waals surface area contributed by atoms with Crippen LogP contribution in [0.25, 0.3) is 0 Å². The molecule has 0 heterocycles. The van der Waals surface area contributed by atoms with Gasteiger partial charge in [0.25, 0.3) is 11.8 Å². The lowest BCUT2D eigenvalue weighted by atomic mass is 10.2. The fourth-order valence-corrected chi connectivity index (χ4v) is 3.23. The summed E-state index contributed by atoms with van der Waals surface area (Å²) >= 11 is 1.32. The average Bonchev–Trinajstić information content (AvgIpc) is 3.52. The van der Waals surface area contributed by atoms with Gasteiger partial charge in [-0.15, -0.1) is 11.8 Å². The van der Waals surface area contributed by atoms with Crippen molar-refractivity contribution >= 4 is 35.2 Å². The molecule has 2 amide bonds. The van der Waals surface area contributed by atoms with Crippen molar-refractivity contribution in [3.63, 3.8) is 0 Å². The second-order valence-corrected chi connectivity index (χ2v) is 7.64. The summed E-state index contributed by atoms with van der Waals surface area (Å²) in [5.41, 5.74) is 1.82. The molecule has 3 rings (SSSR count). The molecule has 0 bridgehead atoms. The zero-order valence-electron chi connectivity index (χ0n) is 15.7. The SMILES string of the molecule is O=C(COC(=O)CSCc1ccc(F)cc1)Nc1cccc(C(=O)NC2CC2)c1. The molecule has 0 aromatic heterocycles. The molecule has 8 heteroatoms. The van der Waals surface area contributed by atoms with Gasteiger partial charge in [0.05, 0.1) is 5.75 Å². The first kappa shape index (κ1) is 20.9. The van der Waals surface area contributed by atoms with Gasteiger partial charge in [-0.2, -0.15) is 0 Å². The Morgan fingerprint density at radius 1 is 1.10 bits per heavy atom. The van der Waals surface area contributed by atoms with Gasteiger partial charge < -0.3 is 15.4 Å². The van der Waals surface area contributed by atoms with Gasteiger partial charge >= 0.3 is 5.97 Å². The molecule has 1 saturated carbocycles. The minimum atomic E-state index is -0.509. The van der Waals surface area contributed by atoms with Gasteiger partial charge in [0, 0.05) is 23.0 Å². The molecule has 6 nitrogen and oxygen atoms in total. The highest BCUT2D eigenvalue weighted by atomic mass is 32.2. The lowest BCUT2D eigenvalue weighted by Crippen LogP contribution is -2.25. The second-order valence-electron chi connectivity index (χ2n) is 6.66. The molecule has 2 N–H and O–H groups in total. The lowest BCUT2D eigenvalue weighted by molar-refractivity contribution is -0.144. The first-order valence-electron chi connectivity index (χ1n) is 9.18. The molecular weight excluding hydrogens is 395 g/mol. The van der Waals surface area contributed by atoms with Gasteiger partial charge in [-0.1, -0.05) is 18.2 Å². The van der Waals surface area contributed by atoms with Crippen LogP contribution in [0.15, 0.2) is 48.5 Å². The molecule has 0 aliphatic heterocycles. The Balaban J connectivity index is 1.37. The number of benzene rings is 2. The van der Waals surface area contributed by atoms with Crippen molar-refractivity contribution in [3.05, 3.63) is 65.5 Å². The zero-order chi connectivity index (χ0) is 20.6. The minimum absolute atomic E-state index is 0.0848. The lowest BCUT2D eigenvalue weighted by Gasteiger charge is -2.08. The summed E-state index contributed by atoms with van der Waals surface area (Å²) in [7, 11) is 0. The van der Waals surface area contributed by atoms with E-state index >= 15 is 0 Å². The van der Waals surface area contributed by atoms with Crippen LogP contribution in [-0.2, 0) is 20.1 Å². The Morgan fingerprint density at radius 3 is 2.59 bits per heavy atom. The molecular formula is C21H21FN2O4S. The molecule has 1 aliphatic carbocycles. The molecule has 1 aliphatic rings. The van der Waals surface area contributed by atoms with Crippen molar-refractivity contribution in [1.29, 1.82) is 0 Å². The number of nitrogens with one attached hydrogen (secondary N) is 2. The molecule has 29 heavy (non-hydrogen) atoms. The number of ether oxygens (including phenoxy) is 1. The third kappa shape index (κ3) is 7.23. The number of hydrogen-bond acceptors (Lipinski definition) is 5. The van der Waals surface area contributed by atoms with Gasteiger partial charge in [0.2, 0.25) is 0 Å². The number of anilines is 1. The summed E-state index contributed by atoms with van der Waals surface area (Å²) < 4.78 is 17.8. The number of halogens is 1. The highest BCUT2D eigenvalue weighted by Gasteiger charge is 2.23. The van der Waals surface area contributed by atoms with E-state index in [4.69, 9.17) is 4.74 Å². The molecule has 0 spiro atoms. The average molecular weight is 416 g/mol. The van der Waals surface area contributed by atoms with Crippen LogP contribution in [0.5, 0.6) is 0 Å². The Bertz CT molecular complexity index is 885. The fourth-order valence-electron chi connectivity index (χ4n) is 2.45. The van der Waals surface area contributed by atoms with E-state index in [1.165, 1.54) is 23.9 Å². The van der Waals surface area contributed by atoms with E-state index in [1.54, 1.807) is 36.4 Å². The fraction of sp³-hybridized carbons (Fsp3) is 0.286. The van der Waals surface area contributed by atoms with E-state index in [1.807, 2.05) is 0 Å². The first-order valence-corrected chi connectivity index (χ1v) is 10.3. The maximum absolute atomic E-state index is 12.8. The van der Waals surface area contributed by atoms with Gasteiger partial charge in [-0.25, -0.2) is 4.39 Å². The van der Waals surface area contributed by atoms with E-state index in [-0.39, 0.29) is 23.5 Å². The number of thioether (sulfide) groups is 1. The maximum Gasteiger partial charge on any atom is 0.316 e. The predicted molar refractivity (Wildman–Crippen MR) is 109 cm³/mol. The zero-order valence-corrected chi connectivity index (χ0v) is 16.5. The third-order valence-corrected chi connectivity index (χ3v) is 5.06. The van der Waals surface area contributed by atoms with E-state index in [2.05, 4.69) is 10.6 Å². The van der Waals surface area contributed by atoms with Crippen LogP contribution < -0.4 is 10.6 Å². The molecule has 1 fully saturated rings. The number of carbonyl (C=O) groups excluding carboxylic acids is 3. The van der Waals surface area contributed by atoms with E-state index in [0.717, 1.165) is 18.4 Å². The van der Waals surface area contributed by atoms with Crippen molar-refractivity contribution < 1.29 is 23.5 Å². The number of amides is 2. The quantitative estimate of drug-likeness (QED) is 0.614. The summed E-state index contributed by atoms with van der Waals surface area (Å²) in [6.07, 6.45) is 1.99. The molecule has 152 valence electrons. The molecule has 0 radical (unpaired) electrons. The van der Waals surface area contributed by atoms with Crippen molar-refractivity contribution in [2.45, 2.75) is 24.6 Å². The molecule has 2 aromatic carbocycles. The highest BCUT2D eigenvalue weighted by molar-refractivity contribution is 7.99. The minimum Gasteiger partial charge on any atom is -0.455 e. The predicted octanol–water partition coefficient (Wildman–Crippen LogP) is 3.13. The second kappa shape index (κ2) is 10.1. The number of hydrogen-bond donors (Lipinski definition) is 2. The van der Waals surface area contributed by atoms with Gasteiger partial charge in [-0.05, 0) is 48.7 Å². The highest BCUT2D eigenvalue weighted by Crippen LogP contribution is 2.20. The maximum atomic E-state index is 12.8. The van der Waals surface area contributed by atoms with Crippen LogP contribution in [0.1, 0.15) is 28.8 Å². The Morgan fingerprint density at radius 2 is 1.86 bits per heavy atom. The van der Waals surface area contributed by atoms with Gasteiger partial charge in [-0.3, -0.25) is 14.4 Å². The van der Waals surface area contributed by atoms with E-state index in [9.17, 15) is 18.8 Å². The normalized spacial score (nSPS) is 12.9. The van der Waals surface area contributed by atoms with Gasteiger partial charge in [0.1, 0.15) is 5.82 Å². The van der Waals surface area contributed by atoms with Crippen LogP contribution >= 0.6 is 11.8 Å². The topological polar surface area (TPSA) is 84.5 Å². The standard InChI is InChI=1S/C21H21FN2O4S/c22-16-6-4-14(5-7-16)12-29-13-20(26)28-11-19(25)23-18-3-1-2-15(10-18)21(27)24-17-8-9-17/h1-7,10,17H,8-9,11-13H2,(H,23,25)(H,24,27). The van der Waals surface area contributed by atoms with Crippen molar-refractivity contribution in [2.75, 3.05) is 17.7 Å². The Hall–Kier alpha value is -2.87. The Labute approximate surface area is 172 Å².